The van der Waals surface area contributed by atoms with E-state index in [1.165, 1.54) is 30.6 Å². The SMILES string of the molecule is CC(C)(O)c1cc(Nc2cc(Oc3cc(C(F)(F)F)nn3-c3cccc(Cl)c3)ccn2)ccn1. The fourth-order valence-electron chi connectivity index (χ4n) is 3.02. The number of nitrogens with zero attached hydrogens (tertiary/aromatic N) is 4. The summed E-state index contributed by atoms with van der Waals surface area (Å²) in [5.74, 6) is 0.446. The zero-order chi connectivity index (χ0) is 24.5. The Morgan fingerprint density at radius 1 is 0.971 bits per heavy atom. The molecule has 0 fully saturated rings. The molecule has 0 unspecified atom stereocenters. The molecule has 0 amide bonds. The van der Waals surface area contributed by atoms with E-state index < -0.39 is 17.5 Å². The van der Waals surface area contributed by atoms with Crippen molar-refractivity contribution in [3.05, 3.63) is 83.4 Å². The van der Waals surface area contributed by atoms with Crippen LogP contribution in [0.25, 0.3) is 5.69 Å². The van der Waals surface area contributed by atoms with Gasteiger partial charge in [0.25, 0.3) is 0 Å². The molecule has 0 bridgehead atoms. The van der Waals surface area contributed by atoms with Crippen molar-refractivity contribution in [1.29, 1.82) is 0 Å². The smallest absolute Gasteiger partial charge is 0.435 e. The third-order valence-corrected chi connectivity index (χ3v) is 4.87. The average molecular weight is 490 g/mol. The van der Waals surface area contributed by atoms with E-state index in [9.17, 15) is 18.3 Å². The monoisotopic (exact) mass is 489 g/mol. The standard InChI is InChI=1S/C23H19ClF3N5O2/c1-22(2,33)18-11-15(6-8-28-18)30-20-12-17(7-9-29-20)34-21-13-19(23(25,26)27)31-32(21)16-5-3-4-14(24)10-16/h3-13,33H,1-2H3,(H,28,29,30). The van der Waals surface area contributed by atoms with Crippen molar-refractivity contribution in [2.45, 2.75) is 25.6 Å². The second kappa shape index (κ2) is 8.96. The number of halogens is 4. The van der Waals surface area contributed by atoms with Gasteiger partial charge in [-0.25, -0.2) is 9.67 Å². The Morgan fingerprint density at radius 3 is 2.44 bits per heavy atom. The van der Waals surface area contributed by atoms with Gasteiger partial charge in [-0.05, 0) is 50.2 Å². The highest BCUT2D eigenvalue weighted by Gasteiger charge is 2.35. The molecule has 4 rings (SSSR count). The molecule has 176 valence electrons. The number of nitrogens with one attached hydrogen (secondary N) is 1. The van der Waals surface area contributed by atoms with Crippen LogP contribution in [0.2, 0.25) is 5.02 Å². The Morgan fingerprint density at radius 2 is 1.74 bits per heavy atom. The van der Waals surface area contributed by atoms with E-state index >= 15 is 0 Å². The van der Waals surface area contributed by atoms with E-state index in [2.05, 4.69) is 20.4 Å². The summed E-state index contributed by atoms with van der Waals surface area (Å²) in [5.41, 5.74) is -0.868. The van der Waals surface area contributed by atoms with Crippen LogP contribution in [-0.4, -0.2) is 24.9 Å². The summed E-state index contributed by atoms with van der Waals surface area (Å²) in [6.07, 6.45) is -1.68. The first-order valence-electron chi connectivity index (χ1n) is 10.0. The molecule has 0 atom stereocenters. The molecule has 0 aliphatic rings. The highest BCUT2D eigenvalue weighted by atomic mass is 35.5. The number of pyridine rings is 2. The van der Waals surface area contributed by atoms with Gasteiger partial charge in [0.1, 0.15) is 17.2 Å². The van der Waals surface area contributed by atoms with E-state index in [-0.39, 0.29) is 11.6 Å². The molecular weight excluding hydrogens is 471 g/mol. The first-order chi connectivity index (χ1) is 16.0. The number of rotatable bonds is 6. The maximum atomic E-state index is 13.3. The van der Waals surface area contributed by atoms with Crippen LogP contribution in [0.1, 0.15) is 25.2 Å². The summed E-state index contributed by atoms with van der Waals surface area (Å²) in [6, 6.07) is 13.4. The first-order valence-corrected chi connectivity index (χ1v) is 10.4. The highest BCUT2D eigenvalue weighted by molar-refractivity contribution is 6.30. The molecule has 4 aromatic rings. The number of ether oxygens (including phenoxy) is 1. The molecule has 0 aliphatic heterocycles. The normalized spacial score (nSPS) is 12.0. The predicted molar refractivity (Wildman–Crippen MR) is 121 cm³/mol. The lowest BCUT2D eigenvalue weighted by atomic mass is 10.0. The van der Waals surface area contributed by atoms with Crippen molar-refractivity contribution in [2.24, 2.45) is 0 Å². The number of hydrogen-bond acceptors (Lipinski definition) is 6. The van der Waals surface area contributed by atoms with E-state index in [1.807, 2.05) is 0 Å². The molecule has 34 heavy (non-hydrogen) atoms. The van der Waals surface area contributed by atoms with E-state index in [0.717, 1.165) is 10.7 Å². The van der Waals surface area contributed by atoms with Crippen LogP contribution in [0.5, 0.6) is 11.6 Å². The largest absolute Gasteiger partial charge is 0.439 e. The lowest BCUT2D eigenvalue weighted by Gasteiger charge is -2.17. The third kappa shape index (κ3) is 5.46. The van der Waals surface area contributed by atoms with Gasteiger partial charge >= 0.3 is 6.18 Å². The van der Waals surface area contributed by atoms with Gasteiger partial charge in [-0.3, -0.25) is 4.98 Å². The van der Waals surface area contributed by atoms with Crippen LogP contribution in [0, 0.1) is 0 Å². The number of benzene rings is 1. The maximum absolute atomic E-state index is 13.3. The van der Waals surface area contributed by atoms with Gasteiger partial charge in [0, 0.05) is 35.2 Å². The fraction of sp³-hybridized carbons (Fsp3) is 0.174. The van der Waals surface area contributed by atoms with Crippen LogP contribution < -0.4 is 10.1 Å². The van der Waals surface area contributed by atoms with Crippen LogP contribution >= 0.6 is 11.6 Å². The predicted octanol–water partition coefficient (Wildman–Crippen LogP) is 6.10. The number of aromatic nitrogens is 4. The summed E-state index contributed by atoms with van der Waals surface area (Å²) in [4.78, 5) is 8.36. The molecule has 0 saturated heterocycles. The molecule has 2 N–H and O–H groups in total. The number of anilines is 2. The summed E-state index contributed by atoms with van der Waals surface area (Å²) in [5, 5.41) is 17.2. The minimum Gasteiger partial charge on any atom is -0.439 e. The Balaban J connectivity index is 1.64. The molecule has 7 nitrogen and oxygen atoms in total. The average Bonchev–Trinajstić information content (AvgIpc) is 3.18. The van der Waals surface area contributed by atoms with Crippen LogP contribution in [-0.2, 0) is 11.8 Å². The van der Waals surface area contributed by atoms with Crippen molar-refractivity contribution < 1.29 is 23.0 Å². The maximum Gasteiger partial charge on any atom is 0.435 e. The molecule has 11 heteroatoms. The molecule has 0 radical (unpaired) electrons. The van der Waals surface area contributed by atoms with Crippen molar-refractivity contribution in [3.8, 4) is 17.3 Å². The van der Waals surface area contributed by atoms with E-state index in [4.69, 9.17) is 16.3 Å². The second-order valence-electron chi connectivity index (χ2n) is 7.85. The number of alkyl halides is 3. The summed E-state index contributed by atoms with van der Waals surface area (Å²) >= 11 is 6.00. The van der Waals surface area contributed by atoms with Crippen LogP contribution in [0.3, 0.4) is 0 Å². The van der Waals surface area contributed by atoms with Crippen molar-refractivity contribution >= 4 is 23.1 Å². The molecule has 0 aliphatic carbocycles. The Hall–Kier alpha value is -3.63. The highest BCUT2D eigenvalue weighted by Crippen LogP contribution is 2.35. The van der Waals surface area contributed by atoms with Gasteiger partial charge in [0.15, 0.2) is 5.69 Å². The van der Waals surface area contributed by atoms with Gasteiger partial charge in [0.2, 0.25) is 5.88 Å². The fourth-order valence-corrected chi connectivity index (χ4v) is 3.21. The number of hydrogen-bond donors (Lipinski definition) is 2. The minimum absolute atomic E-state index is 0.153. The summed E-state index contributed by atoms with van der Waals surface area (Å²) < 4.78 is 46.8. The first kappa shape index (κ1) is 23.5. The molecule has 0 spiro atoms. The van der Waals surface area contributed by atoms with Gasteiger partial charge < -0.3 is 15.2 Å². The lowest BCUT2D eigenvalue weighted by Crippen LogP contribution is -2.17. The molecular formula is C23H19ClF3N5O2. The topological polar surface area (TPSA) is 85.1 Å². The Bertz CT molecular complexity index is 1320. The Kier molecular flexibility index (Phi) is 6.20. The quantitative estimate of drug-likeness (QED) is 0.340. The zero-order valence-electron chi connectivity index (χ0n) is 18.0. The second-order valence-corrected chi connectivity index (χ2v) is 8.29. The molecule has 3 aromatic heterocycles. The summed E-state index contributed by atoms with van der Waals surface area (Å²) in [6.45, 7) is 3.23. The van der Waals surface area contributed by atoms with Crippen molar-refractivity contribution in [2.75, 3.05) is 5.32 Å². The van der Waals surface area contributed by atoms with Gasteiger partial charge in [0.05, 0.1) is 11.4 Å². The number of aliphatic hydroxyl groups is 1. The van der Waals surface area contributed by atoms with E-state index in [1.54, 1.807) is 44.2 Å². The van der Waals surface area contributed by atoms with Crippen molar-refractivity contribution in [3.63, 3.8) is 0 Å². The van der Waals surface area contributed by atoms with Gasteiger partial charge in [-0.15, -0.1) is 0 Å². The third-order valence-electron chi connectivity index (χ3n) is 4.63. The van der Waals surface area contributed by atoms with E-state index in [0.29, 0.717) is 27.9 Å². The van der Waals surface area contributed by atoms with Gasteiger partial charge in [-0.2, -0.15) is 18.3 Å². The van der Waals surface area contributed by atoms with Crippen LogP contribution in [0.4, 0.5) is 24.7 Å². The minimum atomic E-state index is -4.66. The molecule has 0 saturated carbocycles. The van der Waals surface area contributed by atoms with Gasteiger partial charge in [-0.1, -0.05) is 17.7 Å². The lowest BCUT2D eigenvalue weighted by molar-refractivity contribution is -0.141. The zero-order valence-corrected chi connectivity index (χ0v) is 18.8. The molecule has 1 aromatic carbocycles. The Labute approximate surface area is 197 Å². The molecule has 3 heterocycles. The summed E-state index contributed by atoms with van der Waals surface area (Å²) in [7, 11) is 0. The van der Waals surface area contributed by atoms with Crippen LogP contribution in [0.15, 0.2) is 67.0 Å². The van der Waals surface area contributed by atoms with Crippen molar-refractivity contribution in [1.82, 2.24) is 19.7 Å².